The number of aromatic nitrogens is 4. The summed E-state index contributed by atoms with van der Waals surface area (Å²) in [6.45, 7) is 6.59. The molecule has 0 fully saturated rings. The topological polar surface area (TPSA) is 89.9 Å². The van der Waals surface area contributed by atoms with Crippen LogP contribution in [0, 0.1) is 5.92 Å². The van der Waals surface area contributed by atoms with Gasteiger partial charge in [0.25, 0.3) is 0 Å². The summed E-state index contributed by atoms with van der Waals surface area (Å²) < 4.78 is 5.76. The molecule has 0 aliphatic heterocycles. The lowest BCUT2D eigenvalue weighted by Crippen LogP contribution is -2.07. The van der Waals surface area contributed by atoms with Gasteiger partial charge in [-0.15, -0.1) is 0 Å². The van der Waals surface area contributed by atoms with Gasteiger partial charge >= 0.3 is 0 Å². The van der Waals surface area contributed by atoms with Crippen molar-refractivity contribution < 1.29 is 9.53 Å². The van der Waals surface area contributed by atoms with Gasteiger partial charge in [0.2, 0.25) is 0 Å². The quantitative estimate of drug-likeness (QED) is 0.328. The average Bonchev–Trinajstić information content (AvgIpc) is 2.79. The summed E-state index contributed by atoms with van der Waals surface area (Å²) in [7, 11) is 0. The second-order valence-electron chi connectivity index (χ2n) is 8.06. The largest absolute Gasteiger partial charge is 0.373 e. The number of Topliss-reactive ketones (excluding diaryl/α,β-unsaturated/α-hetero) is 1. The van der Waals surface area contributed by atoms with Gasteiger partial charge in [0.15, 0.2) is 17.3 Å². The molecule has 0 bridgehead atoms. The summed E-state index contributed by atoms with van der Waals surface area (Å²) >= 11 is 6.32. The van der Waals surface area contributed by atoms with E-state index in [1.54, 1.807) is 37.4 Å². The van der Waals surface area contributed by atoms with Gasteiger partial charge in [-0.05, 0) is 61.4 Å². The Kier molecular flexibility index (Phi) is 6.91. The standard InChI is InChI=1S/C25H24ClN5O2/c1-15(2)13-33-14-22-30-24(28-18-8-6-17(7-9-18)16(3)32)19-10-11-21(29-25(19)31-22)23-20(26)5-4-12-27-23/h4-12,15H,13-14H2,1-3H3,(H,28,29,30,31). The molecule has 0 saturated carbocycles. The minimum Gasteiger partial charge on any atom is -0.373 e. The van der Waals surface area contributed by atoms with Gasteiger partial charge in [0.1, 0.15) is 18.1 Å². The van der Waals surface area contributed by atoms with Gasteiger partial charge in [0, 0.05) is 24.1 Å². The van der Waals surface area contributed by atoms with E-state index in [2.05, 4.69) is 34.1 Å². The van der Waals surface area contributed by atoms with Gasteiger partial charge in [-0.3, -0.25) is 9.78 Å². The minimum absolute atomic E-state index is 0.0172. The first-order valence-electron chi connectivity index (χ1n) is 10.6. The number of anilines is 2. The molecule has 1 N–H and O–H groups in total. The third-order valence-corrected chi connectivity index (χ3v) is 5.15. The smallest absolute Gasteiger partial charge is 0.165 e. The zero-order chi connectivity index (χ0) is 23.4. The van der Waals surface area contributed by atoms with E-state index in [1.165, 1.54) is 0 Å². The molecule has 0 aliphatic rings. The predicted molar refractivity (Wildman–Crippen MR) is 130 cm³/mol. The normalized spacial score (nSPS) is 11.2. The number of hydrogen-bond donors (Lipinski definition) is 1. The van der Waals surface area contributed by atoms with Crippen LogP contribution in [-0.2, 0) is 11.3 Å². The fourth-order valence-electron chi connectivity index (χ4n) is 3.23. The van der Waals surface area contributed by atoms with E-state index < -0.39 is 0 Å². The molecule has 33 heavy (non-hydrogen) atoms. The molecule has 3 heterocycles. The fourth-order valence-corrected chi connectivity index (χ4v) is 3.45. The molecular formula is C25H24ClN5O2. The van der Waals surface area contributed by atoms with Crippen LogP contribution in [0.2, 0.25) is 5.02 Å². The number of nitrogens with one attached hydrogen (secondary N) is 1. The van der Waals surface area contributed by atoms with Crippen LogP contribution in [0.25, 0.3) is 22.4 Å². The number of nitrogens with zero attached hydrogens (tertiary/aromatic N) is 4. The number of ether oxygens (including phenoxy) is 1. The van der Waals surface area contributed by atoms with Crippen molar-refractivity contribution in [2.75, 3.05) is 11.9 Å². The Morgan fingerprint density at radius 2 is 1.85 bits per heavy atom. The second-order valence-corrected chi connectivity index (χ2v) is 8.46. The van der Waals surface area contributed by atoms with Crippen molar-refractivity contribution in [2.45, 2.75) is 27.4 Å². The number of rotatable bonds is 8. The average molecular weight is 462 g/mol. The van der Waals surface area contributed by atoms with E-state index in [9.17, 15) is 4.79 Å². The van der Waals surface area contributed by atoms with Crippen molar-refractivity contribution in [2.24, 2.45) is 5.92 Å². The lowest BCUT2D eigenvalue weighted by molar-refractivity contribution is 0.0925. The monoisotopic (exact) mass is 461 g/mol. The SMILES string of the molecule is CC(=O)c1ccc(Nc2nc(COCC(C)C)nc3nc(-c4ncccc4Cl)ccc23)cc1. The zero-order valence-corrected chi connectivity index (χ0v) is 19.4. The summed E-state index contributed by atoms with van der Waals surface area (Å²) in [5, 5.41) is 4.58. The van der Waals surface area contributed by atoms with Crippen molar-refractivity contribution in [3.05, 3.63) is 71.1 Å². The van der Waals surface area contributed by atoms with Crippen molar-refractivity contribution in [3.8, 4) is 11.4 Å². The molecule has 4 aromatic rings. The molecule has 0 unspecified atom stereocenters. The van der Waals surface area contributed by atoms with Crippen LogP contribution in [-0.4, -0.2) is 32.3 Å². The molecule has 168 valence electrons. The molecule has 3 aromatic heterocycles. The van der Waals surface area contributed by atoms with Gasteiger partial charge in [-0.25, -0.2) is 15.0 Å². The van der Waals surface area contributed by atoms with Crippen LogP contribution in [0.15, 0.2) is 54.7 Å². The van der Waals surface area contributed by atoms with Crippen molar-refractivity contribution >= 4 is 39.9 Å². The first kappa shape index (κ1) is 22.8. The Bertz CT molecular complexity index is 1290. The molecule has 1 aromatic carbocycles. The maximum atomic E-state index is 11.6. The van der Waals surface area contributed by atoms with Crippen LogP contribution >= 0.6 is 11.6 Å². The van der Waals surface area contributed by atoms with E-state index >= 15 is 0 Å². The second kappa shape index (κ2) is 10.0. The first-order valence-corrected chi connectivity index (χ1v) is 11.0. The number of carbonyl (C=O) groups is 1. The summed E-state index contributed by atoms with van der Waals surface area (Å²) in [6.07, 6.45) is 1.68. The number of ketones is 1. The van der Waals surface area contributed by atoms with E-state index in [0.717, 1.165) is 11.1 Å². The van der Waals surface area contributed by atoms with E-state index in [1.807, 2.05) is 24.3 Å². The Morgan fingerprint density at radius 3 is 2.55 bits per heavy atom. The maximum absolute atomic E-state index is 11.6. The van der Waals surface area contributed by atoms with Gasteiger partial charge in [0.05, 0.1) is 16.1 Å². The first-order chi connectivity index (χ1) is 15.9. The van der Waals surface area contributed by atoms with E-state index in [0.29, 0.717) is 51.8 Å². The van der Waals surface area contributed by atoms with Crippen LogP contribution in [0.4, 0.5) is 11.5 Å². The van der Waals surface area contributed by atoms with E-state index in [4.69, 9.17) is 21.3 Å². The fraction of sp³-hybridized carbons (Fsp3) is 0.240. The highest BCUT2D eigenvalue weighted by Crippen LogP contribution is 2.28. The minimum atomic E-state index is 0.0172. The highest BCUT2D eigenvalue weighted by atomic mass is 35.5. The van der Waals surface area contributed by atoms with Gasteiger partial charge in [-0.1, -0.05) is 25.4 Å². The Morgan fingerprint density at radius 1 is 1.06 bits per heavy atom. The Hall–Kier alpha value is -3.42. The molecule has 0 saturated heterocycles. The number of halogens is 1. The lowest BCUT2D eigenvalue weighted by Gasteiger charge is -2.12. The molecular weight excluding hydrogens is 438 g/mol. The maximum Gasteiger partial charge on any atom is 0.165 e. The van der Waals surface area contributed by atoms with Crippen molar-refractivity contribution in [1.82, 2.24) is 19.9 Å². The van der Waals surface area contributed by atoms with Crippen molar-refractivity contribution in [3.63, 3.8) is 0 Å². The molecule has 0 atom stereocenters. The van der Waals surface area contributed by atoms with Crippen LogP contribution < -0.4 is 5.32 Å². The number of carbonyl (C=O) groups excluding carboxylic acids is 1. The lowest BCUT2D eigenvalue weighted by atomic mass is 10.1. The summed E-state index contributed by atoms with van der Waals surface area (Å²) in [5.41, 5.74) is 3.17. The van der Waals surface area contributed by atoms with Crippen LogP contribution in [0.5, 0.6) is 0 Å². The molecule has 0 radical (unpaired) electrons. The number of fused-ring (bicyclic) bond motifs is 1. The predicted octanol–water partition coefficient (Wildman–Crippen LogP) is 5.86. The van der Waals surface area contributed by atoms with Crippen molar-refractivity contribution in [1.29, 1.82) is 0 Å². The number of benzene rings is 1. The number of pyridine rings is 2. The number of hydrogen-bond acceptors (Lipinski definition) is 7. The third kappa shape index (κ3) is 5.50. The zero-order valence-electron chi connectivity index (χ0n) is 18.7. The molecule has 4 rings (SSSR count). The highest BCUT2D eigenvalue weighted by Gasteiger charge is 2.14. The molecule has 0 spiro atoms. The van der Waals surface area contributed by atoms with E-state index in [-0.39, 0.29) is 12.4 Å². The van der Waals surface area contributed by atoms with Crippen LogP contribution in [0.1, 0.15) is 37.0 Å². The Labute approximate surface area is 197 Å². The highest BCUT2D eigenvalue weighted by molar-refractivity contribution is 6.32. The summed E-state index contributed by atoms with van der Waals surface area (Å²) in [5.74, 6) is 1.54. The molecule has 7 nitrogen and oxygen atoms in total. The molecule has 8 heteroatoms. The van der Waals surface area contributed by atoms with Crippen LogP contribution in [0.3, 0.4) is 0 Å². The molecule has 0 amide bonds. The molecule has 0 aliphatic carbocycles. The summed E-state index contributed by atoms with van der Waals surface area (Å²) in [6, 6.07) is 14.5. The Balaban J connectivity index is 1.74. The van der Waals surface area contributed by atoms with Gasteiger partial charge in [-0.2, -0.15) is 0 Å². The third-order valence-electron chi connectivity index (χ3n) is 4.84. The van der Waals surface area contributed by atoms with Gasteiger partial charge < -0.3 is 10.1 Å². The summed E-state index contributed by atoms with van der Waals surface area (Å²) in [4.78, 5) is 29.9.